The normalized spacial score (nSPS) is 11.9. The summed E-state index contributed by atoms with van der Waals surface area (Å²) in [4.78, 5) is 29.3. The Morgan fingerprint density at radius 2 is 1.97 bits per heavy atom. The first-order chi connectivity index (χ1) is 14.5. The average Bonchev–Trinajstić information content (AvgIpc) is 3.02. The van der Waals surface area contributed by atoms with Gasteiger partial charge in [0.1, 0.15) is 17.3 Å². The molecule has 0 saturated carbocycles. The highest BCUT2D eigenvalue weighted by atomic mass is 32.1. The molecule has 6 nitrogen and oxygen atoms in total. The van der Waals surface area contributed by atoms with Crippen molar-refractivity contribution in [3.8, 4) is 5.75 Å². The molecule has 0 atom stereocenters. The number of aromatic nitrogens is 3. The van der Waals surface area contributed by atoms with Gasteiger partial charge in [-0.1, -0.05) is 42.5 Å². The molecule has 0 aliphatic rings. The Balaban J connectivity index is 1.67. The van der Waals surface area contributed by atoms with E-state index in [-0.39, 0.29) is 17.1 Å². The zero-order valence-corrected chi connectivity index (χ0v) is 17.0. The van der Waals surface area contributed by atoms with Crippen molar-refractivity contribution < 1.29 is 9.13 Å². The minimum Gasteiger partial charge on any atom is -0.494 e. The summed E-state index contributed by atoms with van der Waals surface area (Å²) in [5.41, 5.74) is 0.727. The lowest BCUT2D eigenvalue weighted by Gasteiger charge is -2.05. The van der Waals surface area contributed by atoms with Crippen molar-refractivity contribution in [2.75, 3.05) is 6.61 Å². The molecule has 2 aromatic heterocycles. The Kier molecular flexibility index (Phi) is 5.67. The first-order valence-electron chi connectivity index (χ1n) is 9.45. The second-order valence-corrected chi connectivity index (χ2v) is 7.71. The molecule has 0 aliphatic carbocycles. The summed E-state index contributed by atoms with van der Waals surface area (Å²) in [6.07, 6.45) is 2.73. The summed E-state index contributed by atoms with van der Waals surface area (Å²) in [7, 11) is 0. The van der Waals surface area contributed by atoms with Crippen molar-refractivity contribution in [1.82, 2.24) is 14.6 Å². The first-order valence-corrected chi connectivity index (χ1v) is 10.3. The lowest BCUT2D eigenvalue weighted by molar-refractivity contribution is 0.317. The lowest BCUT2D eigenvalue weighted by Crippen LogP contribution is -2.28. The number of thiazole rings is 1. The number of rotatable bonds is 6. The molecule has 0 amide bonds. The first kappa shape index (κ1) is 19.9. The molecule has 0 bridgehead atoms. The van der Waals surface area contributed by atoms with E-state index in [1.54, 1.807) is 18.2 Å². The van der Waals surface area contributed by atoms with Crippen LogP contribution in [0.2, 0.25) is 0 Å². The SMILES string of the molecule is CCCOc1ccc(Cc2nn3c(=O)/c(=C/c4cccc(F)c4)sc3nc2=O)cc1. The minimum absolute atomic E-state index is 0.182. The summed E-state index contributed by atoms with van der Waals surface area (Å²) in [5.74, 6) is 0.368. The summed E-state index contributed by atoms with van der Waals surface area (Å²) in [6.45, 7) is 2.68. The molecular weight excluding hydrogens is 405 g/mol. The van der Waals surface area contributed by atoms with E-state index in [0.717, 1.165) is 33.6 Å². The van der Waals surface area contributed by atoms with E-state index in [9.17, 15) is 14.0 Å². The van der Waals surface area contributed by atoms with Crippen molar-refractivity contribution >= 4 is 22.4 Å². The van der Waals surface area contributed by atoms with E-state index in [4.69, 9.17) is 4.74 Å². The van der Waals surface area contributed by atoms with E-state index >= 15 is 0 Å². The van der Waals surface area contributed by atoms with Crippen LogP contribution in [0.4, 0.5) is 4.39 Å². The standard InChI is InChI=1S/C22H18FN3O3S/c1-2-10-29-17-8-6-14(7-9-17)12-18-20(27)24-22-26(25-18)21(28)19(30-22)13-15-4-3-5-16(23)11-15/h3-9,11,13H,2,10,12H2,1H3/b19-13-. The van der Waals surface area contributed by atoms with Gasteiger partial charge in [-0.05, 0) is 47.9 Å². The van der Waals surface area contributed by atoms with Crippen LogP contribution in [-0.2, 0) is 6.42 Å². The molecule has 30 heavy (non-hydrogen) atoms. The number of benzene rings is 2. The van der Waals surface area contributed by atoms with Gasteiger partial charge in [0.05, 0.1) is 11.1 Å². The van der Waals surface area contributed by atoms with Crippen LogP contribution in [0.15, 0.2) is 58.1 Å². The average molecular weight is 423 g/mol. The molecule has 0 spiro atoms. The quantitative estimate of drug-likeness (QED) is 0.477. The Morgan fingerprint density at radius 3 is 2.70 bits per heavy atom. The number of hydrogen-bond acceptors (Lipinski definition) is 6. The number of nitrogens with zero attached hydrogens (tertiary/aromatic N) is 3. The predicted molar refractivity (Wildman–Crippen MR) is 114 cm³/mol. The van der Waals surface area contributed by atoms with Crippen LogP contribution in [0.3, 0.4) is 0 Å². The van der Waals surface area contributed by atoms with E-state index in [1.807, 2.05) is 31.2 Å². The number of hydrogen-bond donors (Lipinski definition) is 0. The van der Waals surface area contributed by atoms with Gasteiger partial charge in [0.25, 0.3) is 11.1 Å². The fraction of sp³-hybridized carbons (Fsp3) is 0.182. The summed E-state index contributed by atoms with van der Waals surface area (Å²) in [5, 5.41) is 4.24. The molecule has 0 aliphatic heterocycles. The molecule has 0 saturated heterocycles. The highest BCUT2D eigenvalue weighted by Crippen LogP contribution is 2.14. The minimum atomic E-state index is -0.472. The zero-order valence-electron chi connectivity index (χ0n) is 16.2. The van der Waals surface area contributed by atoms with E-state index in [2.05, 4.69) is 10.1 Å². The third-order valence-electron chi connectivity index (χ3n) is 4.36. The van der Waals surface area contributed by atoms with Crippen LogP contribution in [0, 0.1) is 5.82 Å². The van der Waals surface area contributed by atoms with Gasteiger partial charge >= 0.3 is 0 Å². The Labute approximate surface area is 174 Å². The second kappa shape index (κ2) is 8.54. The highest BCUT2D eigenvalue weighted by molar-refractivity contribution is 7.15. The fourth-order valence-corrected chi connectivity index (χ4v) is 3.82. The summed E-state index contributed by atoms with van der Waals surface area (Å²) in [6, 6.07) is 13.3. The Hall–Kier alpha value is -3.39. The molecule has 0 N–H and O–H groups in total. The van der Waals surface area contributed by atoms with Crippen LogP contribution in [0.25, 0.3) is 11.0 Å². The largest absolute Gasteiger partial charge is 0.494 e. The third kappa shape index (κ3) is 4.28. The van der Waals surface area contributed by atoms with Crippen molar-refractivity contribution in [2.24, 2.45) is 0 Å². The molecule has 0 fully saturated rings. The van der Waals surface area contributed by atoms with Crippen molar-refractivity contribution in [3.63, 3.8) is 0 Å². The number of fused-ring (bicyclic) bond motifs is 1. The van der Waals surface area contributed by atoms with Gasteiger partial charge in [-0.15, -0.1) is 0 Å². The number of halogens is 1. The van der Waals surface area contributed by atoms with Crippen LogP contribution in [0.5, 0.6) is 5.75 Å². The Bertz CT molecular complexity index is 1360. The van der Waals surface area contributed by atoms with Crippen LogP contribution < -0.4 is 20.4 Å². The molecule has 8 heteroatoms. The molecule has 2 aromatic carbocycles. The zero-order chi connectivity index (χ0) is 21.1. The monoisotopic (exact) mass is 423 g/mol. The van der Waals surface area contributed by atoms with Gasteiger partial charge in [-0.2, -0.15) is 14.6 Å². The van der Waals surface area contributed by atoms with Crippen molar-refractivity contribution in [3.05, 3.63) is 96.4 Å². The van der Waals surface area contributed by atoms with Crippen molar-refractivity contribution in [2.45, 2.75) is 19.8 Å². The fourth-order valence-electron chi connectivity index (χ4n) is 2.92. The summed E-state index contributed by atoms with van der Waals surface area (Å²) >= 11 is 1.05. The molecule has 152 valence electrons. The molecule has 0 radical (unpaired) electrons. The van der Waals surface area contributed by atoms with Gasteiger partial charge in [0.2, 0.25) is 4.96 Å². The van der Waals surface area contributed by atoms with Gasteiger partial charge < -0.3 is 4.74 Å². The van der Waals surface area contributed by atoms with Crippen LogP contribution >= 0.6 is 11.3 Å². The maximum absolute atomic E-state index is 13.4. The molecule has 2 heterocycles. The molecule has 0 unspecified atom stereocenters. The Morgan fingerprint density at radius 1 is 1.17 bits per heavy atom. The molecular formula is C22H18FN3O3S. The highest BCUT2D eigenvalue weighted by Gasteiger charge is 2.12. The smallest absolute Gasteiger partial charge is 0.296 e. The summed E-state index contributed by atoms with van der Waals surface area (Å²) < 4.78 is 20.4. The maximum atomic E-state index is 13.4. The van der Waals surface area contributed by atoms with Crippen LogP contribution in [-0.4, -0.2) is 21.2 Å². The van der Waals surface area contributed by atoms with Gasteiger partial charge in [0, 0.05) is 6.42 Å². The second-order valence-electron chi connectivity index (χ2n) is 6.70. The van der Waals surface area contributed by atoms with Gasteiger partial charge in [-0.3, -0.25) is 9.59 Å². The lowest BCUT2D eigenvalue weighted by atomic mass is 10.1. The van der Waals surface area contributed by atoms with E-state index in [1.165, 1.54) is 12.1 Å². The predicted octanol–water partition coefficient (Wildman–Crippen LogP) is 2.58. The maximum Gasteiger partial charge on any atom is 0.296 e. The number of ether oxygens (including phenoxy) is 1. The molecule has 4 aromatic rings. The third-order valence-corrected chi connectivity index (χ3v) is 5.32. The van der Waals surface area contributed by atoms with Gasteiger partial charge in [-0.25, -0.2) is 4.39 Å². The van der Waals surface area contributed by atoms with Gasteiger partial charge in [0.15, 0.2) is 0 Å². The van der Waals surface area contributed by atoms with Crippen molar-refractivity contribution in [1.29, 1.82) is 0 Å². The molecule has 4 rings (SSSR count). The van der Waals surface area contributed by atoms with E-state index < -0.39 is 16.9 Å². The van der Waals surface area contributed by atoms with Crippen LogP contribution in [0.1, 0.15) is 30.2 Å². The topological polar surface area (TPSA) is 73.6 Å². The van der Waals surface area contributed by atoms with E-state index in [0.29, 0.717) is 16.7 Å².